The molecule has 0 atom stereocenters. The highest BCUT2D eigenvalue weighted by Crippen LogP contribution is 2.25. The van der Waals surface area contributed by atoms with E-state index in [1.165, 1.54) is 0 Å². The molecular weight excluding hydrogens is 305 g/mol. The van der Waals surface area contributed by atoms with E-state index in [1.807, 2.05) is 42.6 Å². The van der Waals surface area contributed by atoms with Crippen LogP contribution in [-0.2, 0) is 19.4 Å². The SMILES string of the molecule is ClCCc1nc2cccc(Cl)c2n1CCc1ccccn1. The van der Waals surface area contributed by atoms with Gasteiger partial charge in [-0.2, -0.15) is 0 Å². The van der Waals surface area contributed by atoms with Crippen LogP contribution in [0.2, 0.25) is 5.02 Å². The summed E-state index contributed by atoms with van der Waals surface area (Å²) in [5.74, 6) is 1.52. The van der Waals surface area contributed by atoms with Crippen molar-refractivity contribution in [2.24, 2.45) is 0 Å². The summed E-state index contributed by atoms with van der Waals surface area (Å²) in [5.41, 5.74) is 2.96. The van der Waals surface area contributed by atoms with Gasteiger partial charge in [-0.1, -0.05) is 23.7 Å². The van der Waals surface area contributed by atoms with E-state index in [9.17, 15) is 0 Å². The molecule has 0 spiro atoms. The lowest BCUT2D eigenvalue weighted by atomic mass is 10.2. The van der Waals surface area contributed by atoms with Gasteiger partial charge in [0.25, 0.3) is 0 Å². The highest BCUT2D eigenvalue weighted by Gasteiger charge is 2.13. The van der Waals surface area contributed by atoms with Crippen molar-refractivity contribution < 1.29 is 0 Å². The number of para-hydroxylation sites is 1. The van der Waals surface area contributed by atoms with Crippen LogP contribution in [0.1, 0.15) is 11.5 Å². The lowest BCUT2D eigenvalue weighted by Crippen LogP contribution is -2.08. The number of hydrogen-bond donors (Lipinski definition) is 0. The summed E-state index contributed by atoms with van der Waals surface area (Å²) in [7, 11) is 0. The normalized spacial score (nSPS) is 11.1. The van der Waals surface area contributed by atoms with E-state index in [-0.39, 0.29) is 0 Å². The zero-order valence-corrected chi connectivity index (χ0v) is 13.0. The second kappa shape index (κ2) is 6.46. The van der Waals surface area contributed by atoms with Crippen molar-refractivity contribution in [1.29, 1.82) is 0 Å². The molecule has 0 unspecified atom stereocenters. The number of hydrogen-bond acceptors (Lipinski definition) is 2. The van der Waals surface area contributed by atoms with Crippen LogP contribution in [-0.4, -0.2) is 20.4 Å². The van der Waals surface area contributed by atoms with E-state index in [0.29, 0.717) is 5.88 Å². The Morgan fingerprint density at radius 2 is 1.95 bits per heavy atom. The first-order chi connectivity index (χ1) is 10.3. The Labute approximate surface area is 133 Å². The van der Waals surface area contributed by atoms with Crippen LogP contribution in [0.5, 0.6) is 0 Å². The van der Waals surface area contributed by atoms with Crippen molar-refractivity contribution in [2.45, 2.75) is 19.4 Å². The van der Waals surface area contributed by atoms with Crippen molar-refractivity contribution in [3.63, 3.8) is 0 Å². The fourth-order valence-electron chi connectivity index (χ4n) is 2.48. The molecule has 0 aliphatic rings. The monoisotopic (exact) mass is 319 g/mol. The minimum atomic E-state index is 0.546. The Morgan fingerprint density at radius 3 is 2.71 bits per heavy atom. The predicted molar refractivity (Wildman–Crippen MR) is 87.1 cm³/mol. The molecule has 5 heteroatoms. The third kappa shape index (κ3) is 3.04. The molecule has 0 radical (unpaired) electrons. The zero-order valence-electron chi connectivity index (χ0n) is 11.5. The summed E-state index contributed by atoms with van der Waals surface area (Å²) in [6, 6.07) is 11.8. The van der Waals surface area contributed by atoms with Gasteiger partial charge >= 0.3 is 0 Å². The summed E-state index contributed by atoms with van der Waals surface area (Å²) in [5, 5.41) is 0.724. The van der Waals surface area contributed by atoms with E-state index in [2.05, 4.69) is 14.5 Å². The first-order valence-corrected chi connectivity index (χ1v) is 7.80. The van der Waals surface area contributed by atoms with Crippen molar-refractivity contribution in [2.75, 3.05) is 5.88 Å². The van der Waals surface area contributed by atoms with E-state index in [4.69, 9.17) is 23.2 Å². The van der Waals surface area contributed by atoms with E-state index in [1.54, 1.807) is 0 Å². The van der Waals surface area contributed by atoms with Crippen LogP contribution in [0.3, 0.4) is 0 Å². The Kier molecular flexibility index (Phi) is 4.42. The average Bonchev–Trinajstić information content (AvgIpc) is 2.85. The number of aromatic nitrogens is 3. The van der Waals surface area contributed by atoms with Gasteiger partial charge in [0.05, 0.1) is 16.1 Å². The maximum absolute atomic E-state index is 6.35. The van der Waals surface area contributed by atoms with Gasteiger partial charge in [-0.25, -0.2) is 4.98 Å². The van der Waals surface area contributed by atoms with Crippen molar-refractivity contribution >= 4 is 34.2 Å². The number of nitrogens with zero attached hydrogens (tertiary/aromatic N) is 3. The fourth-order valence-corrected chi connectivity index (χ4v) is 2.92. The molecule has 3 nitrogen and oxygen atoms in total. The number of rotatable bonds is 5. The van der Waals surface area contributed by atoms with Crippen LogP contribution < -0.4 is 0 Å². The minimum absolute atomic E-state index is 0.546. The molecule has 1 aromatic carbocycles. The molecule has 0 bridgehead atoms. The Morgan fingerprint density at radius 1 is 1.05 bits per heavy atom. The molecule has 0 amide bonds. The number of fused-ring (bicyclic) bond motifs is 1. The van der Waals surface area contributed by atoms with Crippen LogP contribution in [0.4, 0.5) is 0 Å². The highest BCUT2D eigenvalue weighted by atomic mass is 35.5. The lowest BCUT2D eigenvalue weighted by molar-refractivity contribution is 0.666. The molecule has 0 N–H and O–H groups in total. The number of halogens is 2. The molecule has 2 aromatic heterocycles. The first-order valence-electron chi connectivity index (χ1n) is 6.89. The summed E-state index contributed by atoms with van der Waals surface area (Å²) < 4.78 is 2.16. The molecular formula is C16H15Cl2N3. The number of benzene rings is 1. The molecule has 3 aromatic rings. The number of pyridine rings is 1. The molecule has 21 heavy (non-hydrogen) atoms. The fraction of sp³-hybridized carbons (Fsp3) is 0.250. The van der Waals surface area contributed by atoms with Gasteiger partial charge in [0.2, 0.25) is 0 Å². The third-order valence-electron chi connectivity index (χ3n) is 3.43. The number of imidazole rings is 1. The van der Waals surface area contributed by atoms with Gasteiger partial charge in [0.15, 0.2) is 0 Å². The second-order valence-electron chi connectivity index (χ2n) is 4.80. The summed E-state index contributed by atoms with van der Waals surface area (Å²) in [6.45, 7) is 0.795. The minimum Gasteiger partial charge on any atom is -0.326 e. The number of alkyl halides is 1. The molecule has 0 fully saturated rings. The topological polar surface area (TPSA) is 30.7 Å². The average molecular weight is 320 g/mol. The van der Waals surface area contributed by atoms with E-state index in [0.717, 1.165) is 47.0 Å². The van der Waals surface area contributed by atoms with Crippen LogP contribution in [0.15, 0.2) is 42.6 Å². The van der Waals surface area contributed by atoms with Gasteiger partial charge in [-0.15, -0.1) is 11.6 Å². The van der Waals surface area contributed by atoms with Gasteiger partial charge in [-0.05, 0) is 24.3 Å². The Hall–Kier alpha value is -1.58. The summed E-state index contributed by atoms with van der Waals surface area (Å²) in [4.78, 5) is 9.01. The van der Waals surface area contributed by atoms with Crippen molar-refractivity contribution in [3.8, 4) is 0 Å². The molecule has 0 saturated heterocycles. The van der Waals surface area contributed by atoms with Crippen LogP contribution in [0.25, 0.3) is 11.0 Å². The van der Waals surface area contributed by atoms with Gasteiger partial charge in [-0.3, -0.25) is 4.98 Å². The third-order valence-corrected chi connectivity index (χ3v) is 3.93. The molecule has 3 rings (SSSR count). The second-order valence-corrected chi connectivity index (χ2v) is 5.58. The summed E-state index contributed by atoms with van der Waals surface area (Å²) >= 11 is 12.2. The van der Waals surface area contributed by atoms with E-state index >= 15 is 0 Å². The molecule has 0 aliphatic carbocycles. The van der Waals surface area contributed by atoms with Gasteiger partial charge in [0, 0.05) is 37.2 Å². The van der Waals surface area contributed by atoms with Crippen LogP contribution in [0, 0.1) is 0 Å². The van der Waals surface area contributed by atoms with Gasteiger partial charge in [0.1, 0.15) is 5.82 Å². The summed E-state index contributed by atoms with van der Waals surface area (Å²) in [6.07, 6.45) is 3.38. The maximum Gasteiger partial charge on any atom is 0.111 e. The smallest absolute Gasteiger partial charge is 0.111 e. The Bertz CT molecular complexity index is 738. The largest absolute Gasteiger partial charge is 0.326 e. The first kappa shape index (κ1) is 14.4. The predicted octanol–water partition coefficient (Wildman–Crippen LogP) is 4.11. The number of aryl methyl sites for hydroxylation is 3. The quantitative estimate of drug-likeness (QED) is 0.662. The molecule has 0 aliphatic heterocycles. The highest BCUT2D eigenvalue weighted by molar-refractivity contribution is 6.35. The Balaban J connectivity index is 1.97. The molecule has 2 heterocycles. The standard InChI is InChI=1S/C16H15Cl2N3/c17-9-7-15-20-14-6-3-5-13(18)16(14)21(15)11-8-12-4-1-2-10-19-12/h1-6,10H,7-9,11H2. The maximum atomic E-state index is 6.35. The van der Waals surface area contributed by atoms with Crippen LogP contribution >= 0.6 is 23.2 Å². The van der Waals surface area contributed by atoms with Crippen molar-refractivity contribution in [1.82, 2.24) is 14.5 Å². The van der Waals surface area contributed by atoms with Gasteiger partial charge < -0.3 is 4.57 Å². The lowest BCUT2D eigenvalue weighted by Gasteiger charge is -2.09. The zero-order chi connectivity index (χ0) is 14.7. The molecule has 108 valence electrons. The van der Waals surface area contributed by atoms with Crippen molar-refractivity contribution in [3.05, 3.63) is 59.1 Å². The van der Waals surface area contributed by atoms with E-state index < -0.39 is 0 Å². The molecule has 0 saturated carbocycles.